The quantitative estimate of drug-likeness (QED) is 0.876. The Balaban J connectivity index is 2.36. The Kier molecular flexibility index (Phi) is 5.27. The maximum absolute atomic E-state index is 13.9. The molecule has 7 heteroatoms. The van der Waals surface area contributed by atoms with Gasteiger partial charge in [0, 0.05) is 10.2 Å². The number of carboxylic acid groups (broad SMARTS) is 1. The largest absolute Gasteiger partial charge is 0.480 e. The summed E-state index contributed by atoms with van der Waals surface area (Å²) < 4.78 is 14.5. The molecule has 1 saturated heterocycles. The molecular formula is C14H15BrFNO3S. The molecule has 0 aromatic heterocycles. The van der Waals surface area contributed by atoms with E-state index < -0.39 is 23.7 Å². The molecule has 1 amide bonds. The van der Waals surface area contributed by atoms with Crippen molar-refractivity contribution in [3.8, 4) is 0 Å². The fourth-order valence-electron chi connectivity index (χ4n) is 2.30. The maximum atomic E-state index is 13.9. The van der Waals surface area contributed by atoms with Crippen molar-refractivity contribution in [2.75, 3.05) is 5.75 Å². The third-order valence-corrected chi connectivity index (χ3v) is 5.16. The maximum Gasteiger partial charge on any atom is 0.327 e. The van der Waals surface area contributed by atoms with Gasteiger partial charge in [0.2, 0.25) is 0 Å². The molecule has 2 unspecified atom stereocenters. The van der Waals surface area contributed by atoms with Crippen LogP contribution in [0.4, 0.5) is 4.39 Å². The van der Waals surface area contributed by atoms with E-state index in [4.69, 9.17) is 0 Å². The minimum Gasteiger partial charge on any atom is -0.480 e. The molecule has 1 aromatic rings. The smallest absolute Gasteiger partial charge is 0.327 e. The van der Waals surface area contributed by atoms with Crippen LogP contribution in [-0.2, 0) is 4.79 Å². The molecule has 1 N–H and O–H groups in total. The summed E-state index contributed by atoms with van der Waals surface area (Å²) in [6.07, 6.45) is 1.52. The molecule has 1 aliphatic heterocycles. The lowest BCUT2D eigenvalue weighted by atomic mass is 10.1. The number of nitrogens with zero attached hydrogens (tertiary/aromatic N) is 1. The van der Waals surface area contributed by atoms with Gasteiger partial charge in [0.05, 0.1) is 10.9 Å². The molecular weight excluding hydrogens is 361 g/mol. The molecule has 0 bridgehead atoms. The van der Waals surface area contributed by atoms with E-state index in [1.807, 2.05) is 6.92 Å². The van der Waals surface area contributed by atoms with E-state index in [0.717, 1.165) is 6.42 Å². The van der Waals surface area contributed by atoms with Crippen molar-refractivity contribution in [1.82, 2.24) is 4.90 Å². The first-order chi connectivity index (χ1) is 9.95. The van der Waals surface area contributed by atoms with E-state index in [1.54, 1.807) is 0 Å². The highest BCUT2D eigenvalue weighted by atomic mass is 79.9. The van der Waals surface area contributed by atoms with Gasteiger partial charge in [-0.25, -0.2) is 9.18 Å². The number of carboxylic acids is 1. The summed E-state index contributed by atoms with van der Waals surface area (Å²) in [6, 6.07) is 3.19. The number of halogens is 2. The molecule has 1 aliphatic rings. The van der Waals surface area contributed by atoms with Crippen molar-refractivity contribution >= 4 is 39.6 Å². The molecule has 114 valence electrons. The van der Waals surface area contributed by atoms with Crippen LogP contribution in [0, 0.1) is 5.82 Å². The number of hydrogen-bond acceptors (Lipinski definition) is 3. The Morgan fingerprint density at radius 1 is 1.52 bits per heavy atom. The number of thioether (sulfide) groups is 1. The number of benzene rings is 1. The Labute approximate surface area is 134 Å². The SMILES string of the molecule is CCCC1SCC(C(=O)O)N1C(=O)c1cc(Br)ccc1F. The lowest BCUT2D eigenvalue weighted by molar-refractivity contribution is -0.141. The zero-order valence-electron chi connectivity index (χ0n) is 11.4. The van der Waals surface area contributed by atoms with Crippen LogP contribution in [0.2, 0.25) is 0 Å². The summed E-state index contributed by atoms with van der Waals surface area (Å²) in [5, 5.41) is 9.06. The minimum absolute atomic E-state index is 0.0979. The second-order valence-corrected chi connectivity index (χ2v) is 6.89. The molecule has 4 nitrogen and oxygen atoms in total. The topological polar surface area (TPSA) is 57.6 Å². The van der Waals surface area contributed by atoms with Gasteiger partial charge in [-0.1, -0.05) is 29.3 Å². The first-order valence-corrected chi connectivity index (χ1v) is 8.42. The van der Waals surface area contributed by atoms with Gasteiger partial charge >= 0.3 is 5.97 Å². The van der Waals surface area contributed by atoms with Gasteiger partial charge in [0.25, 0.3) is 5.91 Å². The standard InChI is InChI=1S/C14H15BrFNO3S/c1-2-3-12-17(11(7-21-12)14(19)20)13(18)9-6-8(15)4-5-10(9)16/h4-6,11-12H,2-3,7H2,1H3,(H,19,20). The normalized spacial score (nSPS) is 21.6. The Morgan fingerprint density at radius 2 is 2.24 bits per heavy atom. The van der Waals surface area contributed by atoms with Crippen LogP contribution < -0.4 is 0 Å². The number of hydrogen-bond donors (Lipinski definition) is 1. The second-order valence-electron chi connectivity index (χ2n) is 4.77. The van der Waals surface area contributed by atoms with Crippen LogP contribution in [0.5, 0.6) is 0 Å². The first-order valence-electron chi connectivity index (χ1n) is 6.57. The summed E-state index contributed by atoms with van der Waals surface area (Å²) in [7, 11) is 0. The van der Waals surface area contributed by atoms with Crippen molar-refractivity contribution in [2.24, 2.45) is 0 Å². The first kappa shape index (κ1) is 16.3. The van der Waals surface area contributed by atoms with Gasteiger partial charge in [0.1, 0.15) is 11.9 Å². The molecule has 1 aromatic carbocycles. The minimum atomic E-state index is -1.05. The molecule has 0 saturated carbocycles. The molecule has 0 radical (unpaired) electrons. The molecule has 0 aliphatic carbocycles. The van der Waals surface area contributed by atoms with Gasteiger partial charge in [-0.15, -0.1) is 11.8 Å². The number of rotatable bonds is 4. The predicted molar refractivity (Wildman–Crippen MR) is 82.8 cm³/mol. The highest BCUT2D eigenvalue weighted by Crippen LogP contribution is 2.34. The predicted octanol–water partition coefficient (Wildman–Crippen LogP) is 3.36. The van der Waals surface area contributed by atoms with E-state index in [-0.39, 0.29) is 10.9 Å². The fraction of sp³-hybridized carbons (Fsp3) is 0.429. The summed E-state index contributed by atoms with van der Waals surface area (Å²) in [6.45, 7) is 1.97. The number of carbonyl (C=O) groups excluding carboxylic acids is 1. The van der Waals surface area contributed by atoms with Crippen LogP contribution >= 0.6 is 27.7 Å². The molecule has 1 fully saturated rings. The summed E-state index contributed by atoms with van der Waals surface area (Å²) in [5.41, 5.74) is -0.0979. The molecule has 0 spiro atoms. The lowest BCUT2D eigenvalue weighted by Crippen LogP contribution is -2.45. The van der Waals surface area contributed by atoms with Crippen molar-refractivity contribution < 1.29 is 19.1 Å². The zero-order chi connectivity index (χ0) is 15.6. The molecule has 21 heavy (non-hydrogen) atoms. The van der Waals surface area contributed by atoms with E-state index in [2.05, 4.69) is 15.9 Å². The van der Waals surface area contributed by atoms with Crippen molar-refractivity contribution in [1.29, 1.82) is 0 Å². The average molecular weight is 376 g/mol. The molecule has 2 atom stereocenters. The van der Waals surface area contributed by atoms with Gasteiger partial charge in [-0.2, -0.15) is 0 Å². The summed E-state index contributed by atoms with van der Waals surface area (Å²) in [4.78, 5) is 25.3. The van der Waals surface area contributed by atoms with Crippen molar-refractivity contribution in [2.45, 2.75) is 31.2 Å². The van der Waals surface area contributed by atoms with Crippen LogP contribution in [0.15, 0.2) is 22.7 Å². The van der Waals surface area contributed by atoms with Crippen molar-refractivity contribution in [3.63, 3.8) is 0 Å². The van der Waals surface area contributed by atoms with E-state index in [9.17, 15) is 19.1 Å². The summed E-state index contributed by atoms with van der Waals surface area (Å²) >= 11 is 4.64. The molecule has 1 heterocycles. The van der Waals surface area contributed by atoms with Gasteiger partial charge in [-0.05, 0) is 24.6 Å². The zero-order valence-corrected chi connectivity index (χ0v) is 13.8. The average Bonchev–Trinajstić information content (AvgIpc) is 2.85. The monoisotopic (exact) mass is 375 g/mol. The van der Waals surface area contributed by atoms with Crippen LogP contribution in [0.25, 0.3) is 0 Å². The van der Waals surface area contributed by atoms with Gasteiger partial charge in [-0.3, -0.25) is 4.79 Å². The summed E-state index contributed by atoms with van der Waals surface area (Å²) in [5.74, 6) is -1.92. The third-order valence-electron chi connectivity index (χ3n) is 3.31. The van der Waals surface area contributed by atoms with Crippen LogP contribution in [0.1, 0.15) is 30.1 Å². The van der Waals surface area contributed by atoms with E-state index in [1.165, 1.54) is 34.9 Å². The number of amides is 1. The highest BCUT2D eigenvalue weighted by Gasteiger charge is 2.42. The van der Waals surface area contributed by atoms with E-state index in [0.29, 0.717) is 16.6 Å². The fourth-order valence-corrected chi connectivity index (χ4v) is 4.17. The third kappa shape index (κ3) is 3.40. The number of carbonyl (C=O) groups is 2. The Bertz CT molecular complexity index is 569. The Morgan fingerprint density at radius 3 is 2.86 bits per heavy atom. The van der Waals surface area contributed by atoms with Crippen molar-refractivity contribution in [3.05, 3.63) is 34.1 Å². The number of aliphatic carboxylic acids is 1. The Hall–Kier alpha value is -1.08. The van der Waals surface area contributed by atoms with E-state index >= 15 is 0 Å². The lowest BCUT2D eigenvalue weighted by Gasteiger charge is -2.27. The van der Waals surface area contributed by atoms with Gasteiger partial charge in [0.15, 0.2) is 0 Å². The van der Waals surface area contributed by atoms with Gasteiger partial charge < -0.3 is 10.0 Å². The molecule has 2 rings (SSSR count). The highest BCUT2D eigenvalue weighted by molar-refractivity contribution is 9.10. The van der Waals surface area contributed by atoms with Crippen LogP contribution in [0.3, 0.4) is 0 Å². The second kappa shape index (κ2) is 6.79. The van der Waals surface area contributed by atoms with Crippen LogP contribution in [-0.4, -0.2) is 39.1 Å².